The molecule has 0 saturated heterocycles. The fourth-order valence-electron chi connectivity index (χ4n) is 2.02. The predicted octanol–water partition coefficient (Wildman–Crippen LogP) is 3.19. The highest BCUT2D eigenvalue weighted by atomic mass is 32.1. The van der Waals surface area contributed by atoms with Crippen LogP contribution in [0.4, 0.5) is 5.69 Å². The van der Waals surface area contributed by atoms with Crippen molar-refractivity contribution in [2.45, 2.75) is 6.54 Å². The number of rotatable bonds is 7. The summed E-state index contributed by atoms with van der Waals surface area (Å²) in [6, 6.07) is 13.4. The lowest BCUT2D eigenvalue weighted by atomic mass is 10.3. The number of nitrogens with zero attached hydrogens (tertiary/aromatic N) is 2. The lowest BCUT2D eigenvalue weighted by molar-refractivity contribution is 0.201. The first-order valence-electron chi connectivity index (χ1n) is 7.28. The van der Waals surface area contributed by atoms with Crippen molar-refractivity contribution in [2.24, 2.45) is 0 Å². The van der Waals surface area contributed by atoms with Crippen LogP contribution in [0.25, 0.3) is 10.7 Å². The third-order valence-corrected chi connectivity index (χ3v) is 4.04. The zero-order valence-electron chi connectivity index (χ0n) is 12.5. The summed E-state index contributed by atoms with van der Waals surface area (Å²) < 4.78 is 5.33. The molecule has 0 aliphatic carbocycles. The second-order valence-corrected chi connectivity index (χ2v) is 5.67. The Labute approximate surface area is 138 Å². The quantitative estimate of drug-likeness (QED) is 0.697. The van der Waals surface area contributed by atoms with Crippen molar-refractivity contribution >= 4 is 17.0 Å². The number of benzene rings is 1. The number of nitrogens with one attached hydrogen (secondary N) is 1. The minimum atomic E-state index is 0.0163. The molecular formula is C17H17N3O2S. The van der Waals surface area contributed by atoms with Crippen LogP contribution in [-0.2, 0) is 6.54 Å². The van der Waals surface area contributed by atoms with Crippen LogP contribution in [0.3, 0.4) is 0 Å². The third-order valence-electron chi connectivity index (χ3n) is 3.12. The maximum absolute atomic E-state index is 8.73. The smallest absolute Gasteiger partial charge is 0.142 e. The molecule has 0 fully saturated rings. The van der Waals surface area contributed by atoms with E-state index in [4.69, 9.17) is 9.84 Å². The average Bonchev–Trinajstić information content (AvgIpc) is 3.09. The molecule has 5 nitrogen and oxygen atoms in total. The van der Waals surface area contributed by atoms with Crippen molar-refractivity contribution in [3.63, 3.8) is 0 Å². The van der Waals surface area contributed by atoms with Gasteiger partial charge >= 0.3 is 0 Å². The number of anilines is 1. The van der Waals surface area contributed by atoms with Gasteiger partial charge in [-0.15, -0.1) is 11.3 Å². The molecule has 23 heavy (non-hydrogen) atoms. The van der Waals surface area contributed by atoms with Crippen molar-refractivity contribution in [2.75, 3.05) is 18.5 Å². The highest BCUT2D eigenvalue weighted by Crippen LogP contribution is 2.22. The van der Waals surface area contributed by atoms with Gasteiger partial charge in [0, 0.05) is 17.3 Å². The summed E-state index contributed by atoms with van der Waals surface area (Å²) in [5, 5.41) is 15.0. The lowest BCUT2D eigenvalue weighted by Gasteiger charge is -2.07. The summed E-state index contributed by atoms with van der Waals surface area (Å²) >= 11 is 1.59. The maximum atomic E-state index is 8.73. The summed E-state index contributed by atoms with van der Waals surface area (Å²) in [4.78, 5) is 8.91. The molecule has 6 heteroatoms. The van der Waals surface area contributed by atoms with E-state index >= 15 is 0 Å². The van der Waals surface area contributed by atoms with E-state index in [1.807, 2.05) is 47.8 Å². The Morgan fingerprint density at radius 3 is 2.74 bits per heavy atom. The molecule has 0 unspecified atom stereocenters. The van der Waals surface area contributed by atoms with Gasteiger partial charge in [0.2, 0.25) is 0 Å². The number of pyridine rings is 1. The SMILES string of the molecule is OCCOc1ccc(NCc2csc(-c3ccccn3)n2)cc1. The first-order chi connectivity index (χ1) is 11.3. The molecule has 3 aromatic rings. The van der Waals surface area contributed by atoms with E-state index in [0.29, 0.717) is 13.2 Å². The molecule has 0 aliphatic heterocycles. The first-order valence-corrected chi connectivity index (χ1v) is 8.16. The van der Waals surface area contributed by atoms with Crippen LogP contribution in [-0.4, -0.2) is 28.3 Å². The molecule has 0 bridgehead atoms. The number of aliphatic hydroxyl groups is 1. The molecule has 118 valence electrons. The molecule has 0 aliphatic rings. The van der Waals surface area contributed by atoms with Gasteiger partial charge in [-0.05, 0) is 36.4 Å². The van der Waals surface area contributed by atoms with Crippen LogP contribution in [0.15, 0.2) is 54.0 Å². The van der Waals surface area contributed by atoms with E-state index in [9.17, 15) is 0 Å². The summed E-state index contributed by atoms with van der Waals surface area (Å²) in [7, 11) is 0. The first kappa shape index (κ1) is 15.5. The molecule has 1 aromatic carbocycles. The lowest BCUT2D eigenvalue weighted by Crippen LogP contribution is -2.02. The highest BCUT2D eigenvalue weighted by molar-refractivity contribution is 7.13. The van der Waals surface area contributed by atoms with E-state index in [-0.39, 0.29) is 6.61 Å². The Balaban J connectivity index is 1.57. The topological polar surface area (TPSA) is 67.3 Å². The molecule has 2 heterocycles. The van der Waals surface area contributed by atoms with Gasteiger partial charge in [0.25, 0.3) is 0 Å². The van der Waals surface area contributed by atoms with Gasteiger partial charge in [0.05, 0.1) is 24.5 Å². The third kappa shape index (κ3) is 4.28. The summed E-state index contributed by atoms with van der Waals surface area (Å²) in [6.07, 6.45) is 1.77. The van der Waals surface area contributed by atoms with Gasteiger partial charge in [0.15, 0.2) is 0 Å². The Morgan fingerprint density at radius 2 is 2.00 bits per heavy atom. The minimum absolute atomic E-state index is 0.0163. The second-order valence-electron chi connectivity index (χ2n) is 4.81. The van der Waals surface area contributed by atoms with E-state index < -0.39 is 0 Å². The van der Waals surface area contributed by atoms with E-state index in [1.165, 1.54) is 0 Å². The number of ether oxygens (including phenoxy) is 1. The molecular weight excluding hydrogens is 310 g/mol. The van der Waals surface area contributed by atoms with Crippen molar-refractivity contribution in [3.8, 4) is 16.5 Å². The van der Waals surface area contributed by atoms with E-state index in [1.54, 1.807) is 17.5 Å². The monoisotopic (exact) mass is 327 g/mol. The number of aliphatic hydroxyl groups excluding tert-OH is 1. The van der Waals surface area contributed by atoms with Crippen LogP contribution in [0.5, 0.6) is 5.75 Å². The zero-order valence-corrected chi connectivity index (χ0v) is 13.3. The van der Waals surface area contributed by atoms with Gasteiger partial charge in [-0.25, -0.2) is 4.98 Å². The van der Waals surface area contributed by atoms with Gasteiger partial charge in [0.1, 0.15) is 17.4 Å². The zero-order chi connectivity index (χ0) is 15.9. The fraction of sp³-hybridized carbons (Fsp3) is 0.176. The molecule has 0 amide bonds. The Bertz CT molecular complexity index is 729. The van der Waals surface area contributed by atoms with E-state index in [0.717, 1.165) is 27.8 Å². The van der Waals surface area contributed by atoms with Crippen LogP contribution in [0.1, 0.15) is 5.69 Å². The van der Waals surface area contributed by atoms with Crippen LogP contribution in [0, 0.1) is 0 Å². The second kappa shape index (κ2) is 7.71. The van der Waals surface area contributed by atoms with Crippen LogP contribution < -0.4 is 10.1 Å². The maximum Gasteiger partial charge on any atom is 0.142 e. The number of hydrogen-bond acceptors (Lipinski definition) is 6. The minimum Gasteiger partial charge on any atom is -0.491 e. The van der Waals surface area contributed by atoms with Gasteiger partial charge in [-0.3, -0.25) is 4.98 Å². The van der Waals surface area contributed by atoms with Crippen molar-refractivity contribution in [1.82, 2.24) is 9.97 Å². The Kier molecular flexibility index (Phi) is 5.18. The fourth-order valence-corrected chi connectivity index (χ4v) is 2.82. The van der Waals surface area contributed by atoms with Crippen molar-refractivity contribution in [3.05, 3.63) is 59.7 Å². The Morgan fingerprint density at radius 1 is 1.13 bits per heavy atom. The van der Waals surface area contributed by atoms with Crippen molar-refractivity contribution < 1.29 is 9.84 Å². The molecule has 0 saturated carbocycles. The van der Waals surface area contributed by atoms with Gasteiger partial charge < -0.3 is 15.2 Å². The molecule has 0 radical (unpaired) electrons. The van der Waals surface area contributed by atoms with Gasteiger partial charge in [-0.2, -0.15) is 0 Å². The molecule has 2 aromatic heterocycles. The van der Waals surface area contributed by atoms with Crippen molar-refractivity contribution in [1.29, 1.82) is 0 Å². The molecule has 0 atom stereocenters. The number of hydrogen-bond donors (Lipinski definition) is 2. The summed E-state index contributed by atoms with van der Waals surface area (Å²) in [6.45, 7) is 0.977. The van der Waals surface area contributed by atoms with E-state index in [2.05, 4.69) is 15.3 Å². The van der Waals surface area contributed by atoms with Crippen LogP contribution >= 0.6 is 11.3 Å². The standard InChI is InChI=1S/C17H17N3O2S/c21-9-10-22-15-6-4-13(5-7-15)19-11-14-12-23-17(20-14)16-3-1-2-8-18-16/h1-8,12,19,21H,9-11H2. The number of aromatic nitrogens is 2. The normalized spacial score (nSPS) is 10.5. The largest absolute Gasteiger partial charge is 0.491 e. The predicted molar refractivity (Wildman–Crippen MR) is 91.7 cm³/mol. The summed E-state index contributed by atoms with van der Waals surface area (Å²) in [5.74, 6) is 0.746. The number of thiazole rings is 1. The Hall–Kier alpha value is -2.44. The molecule has 3 rings (SSSR count). The van der Waals surface area contributed by atoms with Gasteiger partial charge in [-0.1, -0.05) is 6.07 Å². The average molecular weight is 327 g/mol. The van der Waals surface area contributed by atoms with Crippen LogP contribution in [0.2, 0.25) is 0 Å². The highest BCUT2D eigenvalue weighted by Gasteiger charge is 2.05. The summed E-state index contributed by atoms with van der Waals surface area (Å²) in [5.41, 5.74) is 2.87. The molecule has 0 spiro atoms. The molecule has 2 N–H and O–H groups in total.